The van der Waals surface area contributed by atoms with Crippen LogP contribution in [-0.4, -0.2) is 36.1 Å². The van der Waals surface area contributed by atoms with E-state index < -0.39 is 0 Å². The first kappa shape index (κ1) is 14.0. The molecule has 16 heavy (non-hydrogen) atoms. The zero-order chi connectivity index (χ0) is 12.0. The first-order chi connectivity index (χ1) is 7.54. The third kappa shape index (κ3) is 4.84. The fourth-order valence-corrected chi connectivity index (χ4v) is 2.44. The zero-order valence-electron chi connectivity index (χ0n) is 11.7. The van der Waals surface area contributed by atoms with Crippen molar-refractivity contribution in [1.82, 2.24) is 10.2 Å². The predicted molar refractivity (Wildman–Crippen MR) is 71.9 cm³/mol. The minimum atomic E-state index is 0.354. The van der Waals surface area contributed by atoms with Gasteiger partial charge in [-0.05, 0) is 46.6 Å². The maximum absolute atomic E-state index is 3.70. The maximum Gasteiger partial charge on any atom is 0.0125 e. The lowest BCUT2D eigenvalue weighted by Gasteiger charge is -2.41. The topological polar surface area (TPSA) is 15.3 Å². The molecule has 1 saturated heterocycles. The Labute approximate surface area is 102 Å². The summed E-state index contributed by atoms with van der Waals surface area (Å²) >= 11 is 0. The molecule has 2 nitrogen and oxygen atoms in total. The molecule has 0 aliphatic carbocycles. The Morgan fingerprint density at radius 3 is 2.25 bits per heavy atom. The van der Waals surface area contributed by atoms with Crippen molar-refractivity contribution in [2.45, 2.75) is 71.4 Å². The van der Waals surface area contributed by atoms with Crippen molar-refractivity contribution < 1.29 is 0 Å². The number of nitrogens with zero attached hydrogens (tertiary/aromatic N) is 1. The number of nitrogens with one attached hydrogen (secondary N) is 1. The van der Waals surface area contributed by atoms with Gasteiger partial charge in [-0.1, -0.05) is 19.8 Å². The van der Waals surface area contributed by atoms with Crippen LogP contribution < -0.4 is 5.32 Å². The lowest BCUT2D eigenvalue weighted by Crippen LogP contribution is -2.50. The molecular formula is C14H30N2. The van der Waals surface area contributed by atoms with E-state index in [9.17, 15) is 0 Å². The van der Waals surface area contributed by atoms with Crippen LogP contribution in [-0.2, 0) is 0 Å². The number of unbranched alkanes of at least 4 members (excludes halogenated alkanes) is 2. The number of likely N-dealkylation sites (tertiary alicyclic amines) is 1. The van der Waals surface area contributed by atoms with Crippen LogP contribution in [0, 0.1) is 0 Å². The SMILES string of the molecule is CCCCCNC1CCN(C(C)(C)C)CC1. The molecule has 0 amide bonds. The van der Waals surface area contributed by atoms with Crippen molar-refractivity contribution in [3.8, 4) is 0 Å². The largest absolute Gasteiger partial charge is 0.314 e. The molecule has 0 unspecified atom stereocenters. The van der Waals surface area contributed by atoms with Crippen LogP contribution >= 0.6 is 0 Å². The fraction of sp³-hybridized carbons (Fsp3) is 1.00. The molecule has 0 saturated carbocycles. The van der Waals surface area contributed by atoms with E-state index in [0.717, 1.165) is 6.04 Å². The van der Waals surface area contributed by atoms with Gasteiger partial charge in [0.2, 0.25) is 0 Å². The fourth-order valence-electron chi connectivity index (χ4n) is 2.44. The first-order valence-electron chi connectivity index (χ1n) is 7.02. The minimum absolute atomic E-state index is 0.354. The Morgan fingerprint density at radius 2 is 1.75 bits per heavy atom. The van der Waals surface area contributed by atoms with Crippen LogP contribution in [0.3, 0.4) is 0 Å². The molecule has 1 aliphatic rings. The second kappa shape index (κ2) is 6.61. The summed E-state index contributed by atoms with van der Waals surface area (Å²) in [5.41, 5.74) is 0.354. The number of piperidine rings is 1. The number of hydrogen-bond donors (Lipinski definition) is 1. The summed E-state index contributed by atoms with van der Waals surface area (Å²) in [5, 5.41) is 3.70. The van der Waals surface area contributed by atoms with Crippen molar-refractivity contribution in [2.75, 3.05) is 19.6 Å². The highest BCUT2D eigenvalue weighted by atomic mass is 15.2. The van der Waals surface area contributed by atoms with Crippen LogP contribution in [0.2, 0.25) is 0 Å². The third-order valence-electron chi connectivity index (χ3n) is 3.66. The molecule has 1 N–H and O–H groups in total. The average Bonchev–Trinajstić information content (AvgIpc) is 2.24. The van der Waals surface area contributed by atoms with Gasteiger partial charge in [0, 0.05) is 24.7 Å². The molecule has 2 heteroatoms. The monoisotopic (exact) mass is 226 g/mol. The highest BCUT2D eigenvalue weighted by Crippen LogP contribution is 2.19. The quantitative estimate of drug-likeness (QED) is 0.725. The highest BCUT2D eigenvalue weighted by molar-refractivity contribution is 4.84. The van der Waals surface area contributed by atoms with Gasteiger partial charge in [0.05, 0.1) is 0 Å². The summed E-state index contributed by atoms with van der Waals surface area (Å²) in [6.45, 7) is 13.0. The Bertz CT molecular complexity index is 176. The van der Waals surface area contributed by atoms with Crippen molar-refractivity contribution in [3.63, 3.8) is 0 Å². The summed E-state index contributed by atoms with van der Waals surface area (Å²) in [4.78, 5) is 2.61. The van der Waals surface area contributed by atoms with E-state index in [-0.39, 0.29) is 0 Å². The van der Waals surface area contributed by atoms with Crippen molar-refractivity contribution >= 4 is 0 Å². The Morgan fingerprint density at radius 1 is 1.12 bits per heavy atom. The Kier molecular flexibility index (Phi) is 5.77. The summed E-state index contributed by atoms with van der Waals surface area (Å²) in [6, 6.07) is 0.774. The second-order valence-electron chi connectivity index (χ2n) is 6.09. The van der Waals surface area contributed by atoms with Gasteiger partial charge in [0.1, 0.15) is 0 Å². The van der Waals surface area contributed by atoms with Gasteiger partial charge in [-0.2, -0.15) is 0 Å². The minimum Gasteiger partial charge on any atom is -0.314 e. The molecule has 0 aromatic heterocycles. The van der Waals surface area contributed by atoms with Gasteiger partial charge in [-0.15, -0.1) is 0 Å². The van der Waals surface area contributed by atoms with E-state index >= 15 is 0 Å². The van der Waals surface area contributed by atoms with E-state index in [0.29, 0.717) is 5.54 Å². The summed E-state index contributed by atoms with van der Waals surface area (Å²) < 4.78 is 0. The molecule has 0 bridgehead atoms. The zero-order valence-corrected chi connectivity index (χ0v) is 11.7. The standard InChI is InChI=1S/C14H30N2/c1-5-6-7-10-15-13-8-11-16(12-9-13)14(2,3)4/h13,15H,5-12H2,1-4H3. The van der Waals surface area contributed by atoms with Crippen molar-refractivity contribution in [3.05, 3.63) is 0 Å². The van der Waals surface area contributed by atoms with E-state index in [1.165, 1.54) is 51.7 Å². The summed E-state index contributed by atoms with van der Waals surface area (Å²) in [5.74, 6) is 0. The van der Waals surface area contributed by atoms with E-state index in [2.05, 4.69) is 37.9 Å². The normalized spacial score (nSPS) is 20.2. The van der Waals surface area contributed by atoms with Gasteiger partial charge in [-0.25, -0.2) is 0 Å². The molecule has 0 radical (unpaired) electrons. The molecule has 96 valence electrons. The molecular weight excluding hydrogens is 196 g/mol. The van der Waals surface area contributed by atoms with E-state index in [1.54, 1.807) is 0 Å². The summed E-state index contributed by atoms with van der Waals surface area (Å²) in [6.07, 6.45) is 6.68. The van der Waals surface area contributed by atoms with Crippen LogP contribution in [0.5, 0.6) is 0 Å². The lowest BCUT2D eigenvalue weighted by atomic mass is 9.98. The molecule has 1 fully saturated rings. The smallest absolute Gasteiger partial charge is 0.0125 e. The van der Waals surface area contributed by atoms with Crippen LogP contribution in [0.25, 0.3) is 0 Å². The van der Waals surface area contributed by atoms with Gasteiger partial charge in [0.25, 0.3) is 0 Å². The predicted octanol–water partition coefficient (Wildman–Crippen LogP) is 3.03. The molecule has 0 atom stereocenters. The number of rotatable bonds is 5. The van der Waals surface area contributed by atoms with Crippen LogP contribution in [0.15, 0.2) is 0 Å². The lowest BCUT2D eigenvalue weighted by molar-refractivity contribution is 0.0963. The molecule has 1 heterocycles. The van der Waals surface area contributed by atoms with Gasteiger partial charge >= 0.3 is 0 Å². The van der Waals surface area contributed by atoms with Gasteiger partial charge in [0.15, 0.2) is 0 Å². The maximum atomic E-state index is 3.70. The van der Waals surface area contributed by atoms with Crippen LogP contribution in [0.1, 0.15) is 59.8 Å². The second-order valence-corrected chi connectivity index (χ2v) is 6.09. The number of hydrogen-bond acceptors (Lipinski definition) is 2. The van der Waals surface area contributed by atoms with Crippen molar-refractivity contribution in [2.24, 2.45) is 0 Å². The molecule has 1 rings (SSSR count). The Balaban J connectivity index is 2.12. The molecule has 0 aromatic carbocycles. The molecule has 1 aliphatic heterocycles. The van der Waals surface area contributed by atoms with Gasteiger partial charge in [-0.3, -0.25) is 4.90 Å². The summed E-state index contributed by atoms with van der Waals surface area (Å²) in [7, 11) is 0. The average molecular weight is 226 g/mol. The Hall–Kier alpha value is -0.0800. The van der Waals surface area contributed by atoms with Gasteiger partial charge < -0.3 is 5.32 Å². The first-order valence-corrected chi connectivity index (χ1v) is 7.02. The van der Waals surface area contributed by atoms with Crippen molar-refractivity contribution in [1.29, 1.82) is 0 Å². The van der Waals surface area contributed by atoms with Crippen LogP contribution in [0.4, 0.5) is 0 Å². The third-order valence-corrected chi connectivity index (χ3v) is 3.66. The van der Waals surface area contributed by atoms with E-state index in [1.807, 2.05) is 0 Å². The highest BCUT2D eigenvalue weighted by Gasteiger charge is 2.26. The van der Waals surface area contributed by atoms with E-state index in [4.69, 9.17) is 0 Å². The molecule has 0 spiro atoms. The molecule has 0 aromatic rings.